The second kappa shape index (κ2) is 3.91. The molecule has 10 heavy (non-hydrogen) atoms. The van der Waals surface area contributed by atoms with E-state index in [4.69, 9.17) is 9.57 Å². The summed E-state index contributed by atoms with van der Waals surface area (Å²) in [6.07, 6.45) is 2.63. The monoisotopic (exact) mass is 144 g/mol. The lowest BCUT2D eigenvalue weighted by atomic mass is 10.2. The molecule has 1 heterocycles. The molecule has 0 spiro atoms. The van der Waals surface area contributed by atoms with Crippen LogP contribution in [0.4, 0.5) is 0 Å². The van der Waals surface area contributed by atoms with Crippen molar-refractivity contribution >= 4 is 0 Å². The highest BCUT2D eigenvalue weighted by Crippen LogP contribution is 2.12. The maximum atomic E-state index is 5.36. The van der Waals surface area contributed by atoms with E-state index in [-0.39, 0.29) is 0 Å². The largest absolute Gasteiger partial charge is 0.377 e. The zero-order valence-electron chi connectivity index (χ0n) is 6.38. The third-order valence-electron chi connectivity index (χ3n) is 1.69. The molecule has 0 aromatic rings. The summed E-state index contributed by atoms with van der Waals surface area (Å²) in [5, 5.41) is 1.55. The van der Waals surface area contributed by atoms with E-state index in [1.807, 2.05) is 0 Å². The molecule has 1 unspecified atom stereocenters. The summed E-state index contributed by atoms with van der Waals surface area (Å²) >= 11 is 0. The topological polar surface area (TPSA) is 21.7 Å². The van der Waals surface area contributed by atoms with E-state index in [0.717, 1.165) is 19.6 Å². The molecule has 1 saturated heterocycles. The zero-order valence-corrected chi connectivity index (χ0v) is 6.38. The minimum absolute atomic E-state index is 0.331. The van der Waals surface area contributed by atoms with E-state index in [2.05, 4.69) is 7.05 Å². The number of hydrogen-bond donors (Lipinski definition) is 0. The summed E-state index contributed by atoms with van der Waals surface area (Å²) in [4.78, 5) is 4.85. The van der Waals surface area contributed by atoms with Crippen LogP contribution in [0.15, 0.2) is 0 Å². The van der Waals surface area contributed by atoms with Crippen LogP contribution in [0.2, 0.25) is 0 Å². The van der Waals surface area contributed by atoms with E-state index in [0.29, 0.717) is 6.10 Å². The van der Waals surface area contributed by atoms with Crippen molar-refractivity contribution in [1.29, 1.82) is 0 Å². The minimum Gasteiger partial charge on any atom is -0.377 e. The highest BCUT2D eigenvalue weighted by Gasteiger charge is 2.14. The fourth-order valence-corrected chi connectivity index (χ4v) is 1.09. The third kappa shape index (κ3) is 2.25. The van der Waals surface area contributed by atoms with E-state index in [9.17, 15) is 0 Å². The first-order chi connectivity index (χ1) is 4.83. The van der Waals surface area contributed by atoms with Crippen LogP contribution in [-0.2, 0) is 9.57 Å². The van der Waals surface area contributed by atoms with E-state index < -0.39 is 0 Å². The molecule has 3 heteroatoms. The lowest BCUT2D eigenvalue weighted by Crippen LogP contribution is -2.25. The summed E-state index contributed by atoms with van der Waals surface area (Å²) in [5.41, 5.74) is 0. The van der Waals surface area contributed by atoms with Gasteiger partial charge in [-0.3, -0.25) is 7.05 Å². The van der Waals surface area contributed by atoms with Gasteiger partial charge >= 0.3 is 0 Å². The van der Waals surface area contributed by atoms with Crippen LogP contribution in [0.3, 0.4) is 0 Å². The van der Waals surface area contributed by atoms with E-state index in [1.165, 1.54) is 6.42 Å². The van der Waals surface area contributed by atoms with E-state index >= 15 is 0 Å². The zero-order chi connectivity index (χ0) is 7.40. The van der Waals surface area contributed by atoms with Gasteiger partial charge in [0.1, 0.15) is 0 Å². The minimum atomic E-state index is 0.331. The number of nitrogens with zero attached hydrogens (tertiary/aromatic N) is 1. The van der Waals surface area contributed by atoms with Gasteiger partial charge in [-0.05, 0) is 12.8 Å². The summed E-state index contributed by atoms with van der Waals surface area (Å²) in [5.74, 6) is 0. The standard InChI is InChI=1S/C7H14NO2/c1-8(9-2)6-7-4-3-5-10-7/h7H,1,3-6H2,2H3/q-1. The Balaban J connectivity index is 2.11. The Bertz CT molecular complexity index is 91.6. The van der Waals surface area contributed by atoms with Crippen molar-refractivity contribution in [3.8, 4) is 0 Å². The van der Waals surface area contributed by atoms with Crippen molar-refractivity contribution in [2.75, 3.05) is 20.3 Å². The van der Waals surface area contributed by atoms with Gasteiger partial charge in [-0.2, -0.15) is 0 Å². The molecule has 1 fully saturated rings. The second-order valence-corrected chi connectivity index (χ2v) is 2.48. The Kier molecular flexibility index (Phi) is 3.12. The Morgan fingerprint density at radius 3 is 3.10 bits per heavy atom. The molecule has 0 aliphatic carbocycles. The molecule has 1 rings (SSSR count). The van der Waals surface area contributed by atoms with Crippen LogP contribution in [0.1, 0.15) is 12.8 Å². The molecule has 0 aromatic heterocycles. The van der Waals surface area contributed by atoms with Gasteiger partial charge in [-0.1, -0.05) is 0 Å². The molecule has 1 aliphatic rings. The van der Waals surface area contributed by atoms with Gasteiger partial charge in [-0.15, -0.1) is 0 Å². The Morgan fingerprint density at radius 1 is 1.80 bits per heavy atom. The van der Waals surface area contributed by atoms with E-state index in [1.54, 1.807) is 12.2 Å². The molecule has 0 bridgehead atoms. The molecule has 1 atom stereocenters. The van der Waals surface area contributed by atoms with Crippen molar-refractivity contribution in [3.63, 3.8) is 0 Å². The van der Waals surface area contributed by atoms with Gasteiger partial charge in [0.05, 0.1) is 13.2 Å². The summed E-state index contributed by atoms with van der Waals surface area (Å²) < 4.78 is 5.36. The lowest BCUT2D eigenvalue weighted by Gasteiger charge is -2.24. The number of hydroxylamine groups is 2. The number of rotatable bonds is 3. The molecule has 0 aromatic carbocycles. The fraction of sp³-hybridized carbons (Fsp3) is 0.857. The molecule has 3 nitrogen and oxygen atoms in total. The predicted octanol–water partition coefficient (Wildman–Crippen LogP) is 0.820. The molecule has 0 amide bonds. The Morgan fingerprint density at radius 2 is 2.60 bits per heavy atom. The molecular formula is C7H14NO2-. The first-order valence-electron chi connectivity index (χ1n) is 3.56. The summed E-state index contributed by atoms with van der Waals surface area (Å²) in [6.45, 7) is 1.67. The maximum absolute atomic E-state index is 5.36. The van der Waals surface area contributed by atoms with Crippen LogP contribution in [-0.4, -0.2) is 31.4 Å². The van der Waals surface area contributed by atoms with Gasteiger partial charge in [0.25, 0.3) is 0 Å². The molecule has 60 valence electrons. The van der Waals surface area contributed by atoms with Gasteiger partial charge < -0.3 is 14.6 Å². The summed E-state index contributed by atoms with van der Waals surface area (Å²) in [7, 11) is 5.26. The number of ether oxygens (including phenoxy) is 1. The molecule has 0 radical (unpaired) electrons. The highest BCUT2D eigenvalue weighted by molar-refractivity contribution is 4.66. The Labute approximate surface area is 61.9 Å². The highest BCUT2D eigenvalue weighted by atomic mass is 16.7. The predicted molar refractivity (Wildman–Crippen MR) is 38.0 cm³/mol. The molecule has 1 aliphatic heterocycles. The van der Waals surface area contributed by atoms with Crippen LogP contribution in [0.25, 0.3) is 0 Å². The normalized spacial score (nSPS) is 26.1. The summed E-state index contributed by atoms with van der Waals surface area (Å²) in [6, 6.07) is 0. The van der Waals surface area contributed by atoms with Gasteiger partial charge in [-0.25, -0.2) is 0 Å². The third-order valence-corrected chi connectivity index (χ3v) is 1.69. The van der Waals surface area contributed by atoms with Crippen molar-refractivity contribution in [2.45, 2.75) is 18.9 Å². The molecule has 0 saturated carbocycles. The Hall–Kier alpha value is -0.120. The SMILES string of the molecule is [CH2-]N(CC1CCCO1)OC. The van der Waals surface area contributed by atoms with Crippen LogP contribution < -0.4 is 0 Å². The van der Waals surface area contributed by atoms with Gasteiger partial charge in [0.15, 0.2) is 0 Å². The smallest absolute Gasteiger partial charge is 0.0696 e. The van der Waals surface area contributed by atoms with Crippen LogP contribution >= 0.6 is 0 Å². The first kappa shape index (κ1) is 7.98. The van der Waals surface area contributed by atoms with Gasteiger partial charge in [0, 0.05) is 13.2 Å². The van der Waals surface area contributed by atoms with Crippen molar-refractivity contribution in [3.05, 3.63) is 7.05 Å². The number of hydrogen-bond acceptors (Lipinski definition) is 3. The van der Waals surface area contributed by atoms with Gasteiger partial charge in [0.2, 0.25) is 0 Å². The quantitative estimate of drug-likeness (QED) is 0.432. The average molecular weight is 144 g/mol. The second-order valence-electron chi connectivity index (χ2n) is 2.48. The lowest BCUT2D eigenvalue weighted by molar-refractivity contribution is -0.113. The van der Waals surface area contributed by atoms with Crippen molar-refractivity contribution in [2.24, 2.45) is 0 Å². The molecular weight excluding hydrogens is 130 g/mol. The first-order valence-corrected chi connectivity index (χ1v) is 3.56. The van der Waals surface area contributed by atoms with Crippen LogP contribution in [0.5, 0.6) is 0 Å². The van der Waals surface area contributed by atoms with Crippen molar-refractivity contribution < 1.29 is 9.57 Å². The fourth-order valence-electron chi connectivity index (χ4n) is 1.09. The average Bonchev–Trinajstić information content (AvgIpc) is 2.40. The van der Waals surface area contributed by atoms with Crippen molar-refractivity contribution in [1.82, 2.24) is 5.06 Å². The van der Waals surface area contributed by atoms with Crippen LogP contribution in [0, 0.1) is 7.05 Å². The maximum Gasteiger partial charge on any atom is 0.0696 e. The molecule has 0 N–H and O–H groups in total.